The van der Waals surface area contributed by atoms with Crippen LogP contribution in [0, 0.1) is 0 Å². The lowest BCUT2D eigenvalue weighted by Gasteiger charge is -2.18. The first kappa shape index (κ1) is 63.9. The molecule has 1 unspecified atom stereocenters. The van der Waals surface area contributed by atoms with E-state index >= 15 is 0 Å². The summed E-state index contributed by atoms with van der Waals surface area (Å²) in [5.74, 6) is -0.863. The average Bonchev–Trinajstić information content (AvgIpc) is 3.31. The van der Waals surface area contributed by atoms with E-state index in [0.29, 0.717) is 19.3 Å². The van der Waals surface area contributed by atoms with Gasteiger partial charge in [0, 0.05) is 19.3 Å². The summed E-state index contributed by atoms with van der Waals surface area (Å²) in [6, 6.07) is 0. The summed E-state index contributed by atoms with van der Waals surface area (Å²) in [5, 5.41) is 0. The average molecular weight is 930 g/mol. The molecule has 6 heteroatoms. The Labute approximate surface area is 411 Å². The molecule has 0 fully saturated rings. The number of ether oxygens (including phenoxy) is 3. The zero-order valence-corrected chi connectivity index (χ0v) is 44.5. The van der Waals surface area contributed by atoms with Crippen LogP contribution in [0.4, 0.5) is 0 Å². The zero-order chi connectivity index (χ0) is 47.9. The second-order valence-corrected chi connectivity index (χ2v) is 19.9. The van der Waals surface area contributed by atoms with E-state index in [9.17, 15) is 14.4 Å². The topological polar surface area (TPSA) is 78.9 Å². The lowest BCUT2D eigenvalue weighted by molar-refractivity contribution is -0.167. The molecule has 0 N–H and O–H groups in total. The van der Waals surface area contributed by atoms with Crippen molar-refractivity contribution in [1.29, 1.82) is 0 Å². The highest BCUT2D eigenvalue weighted by atomic mass is 16.6. The van der Waals surface area contributed by atoms with Crippen LogP contribution >= 0.6 is 0 Å². The Balaban J connectivity index is 4.20. The van der Waals surface area contributed by atoms with Gasteiger partial charge in [-0.2, -0.15) is 0 Å². The van der Waals surface area contributed by atoms with Gasteiger partial charge in [0.2, 0.25) is 0 Å². The molecule has 388 valence electrons. The van der Waals surface area contributed by atoms with Crippen molar-refractivity contribution in [2.75, 3.05) is 13.2 Å². The van der Waals surface area contributed by atoms with Gasteiger partial charge in [-0.15, -0.1) is 0 Å². The molecule has 0 aromatic rings. The number of esters is 3. The summed E-state index contributed by atoms with van der Waals surface area (Å²) in [4.78, 5) is 38.1. The largest absolute Gasteiger partial charge is 0.462 e. The molecule has 0 aliphatic heterocycles. The number of carbonyl (C=O) groups is 3. The van der Waals surface area contributed by atoms with Gasteiger partial charge >= 0.3 is 17.9 Å². The Bertz CT molecular complexity index is 1070. The second-order valence-electron chi connectivity index (χ2n) is 19.9. The van der Waals surface area contributed by atoms with Gasteiger partial charge in [0.15, 0.2) is 6.10 Å². The van der Waals surface area contributed by atoms with Crippen LogP contribution in [0.5, 0.6) is 0 Å². The van der Waals surface area contributed by atoms with E-state index < -0.39 is 6.10 Å². The van der Waals surface area contributed by atoms with Crippen LogP contribution in [0.1, 0.15) is 323 Å². The summed E-state index contributed by atoms with van der Waals surface area (Å²) >= 11 is 0. The standard InChI is InChI=1S/C60H112O6/c1-4-7-10-13-16-19-22-24-26-27-28-29-30-31-32-33-35-36-38-41-44-47-50-53-59(62)65-56-57(55-64-58(61)52-49-46-43-40-21-18-15-12-9-6-3)66-60(63)54-51-48-45-42-39-37-34-25-23-20-17-14-11-8-5-2/h12,15,27-28,57H,4-11,13-14,16-26,29-56H2,1-3H3/b15-12-,28-27-. The molecular formula is C60H112O6. The molecule has 0 radical (unpaired) electrons. The van der Waals surface area contributed by atoms with Crippen molar-refractivity contribution in [2.45, 2.75) is 329 Å². The van der Waals surface area contributed by atoms with Crippen molar-refractivity contribution in [3.63, 3.8) is 0 Å². The fourth-order valence-corrected chi connectivity index (χ4v) is 8.74. The van der Waals surface area contributed by atoms with Crippen molar-refractivity contribution in [3.8, 4) is 0 Å². The molecule has 6 nitrogen and oxygen atoms in total. The third-order valence-electron chi connectivity index (χ3n) is 13.2. The van der Waals surface area contributed by atoms with Crippen molar-refractivity contribution in [3.05, 3.63) is 24.3 Å². The normalized spacial score (nSPS) is 12.1. The smallest absolute Gasteiger partial charge is 0.306 e. The van der Waals surface area contributed by atoms with E-state index in [2.05, 4.69) is 45.1 Å². The van der Waals surface area contributed by atoms with E-state index in [1.807, 2.05) is 0 Å². The Kier molecular flexibility index (Phi) is 53.7. The molecule has 0 saturated heterocycles. The molecule has 0 saturated carbocycles. The highest BCUT2D eigenvalue weighted by Crippen LogP contribution is 2.17. The number of allylic oxidation sites excluding steroid dienone is 4. The molecule has 0 heterocycles. The first-order valence-corrected chi connectivity index (χ1v) is 29.3. The van der Waals surface area contributed by atoms with Gasteiger partial charge in [-0.3, -0.25) is 14.4 Å². The summed E-state index contributed by atoms with van der Waals surface area (Å²) in [6.45, 7) is 6.62. The molecule has 0 bridgehead atoms. The quantitative estimate of drug-likeness (QED) is 0.0262. The fourth-order valence-electron chi connectivity index (χ4n) is 8.74. The number of hydrogen-bond donors (Lipinski definition) is 0. The van der Waals surface area contributed by atoms with Gasteiger partial charge in [0.05, 0.1) is 0 Å². The molecule has 0 aromatic heterocycles. The second kappa shape index (κ2) is 55.5. The molecule has 0 spiro atoms. The Hall–Kier alpha value is -2.11. The monoisotopic (exact) mass is 929 g/mol. The van der Waals surface area contributed by atoms with E-state index in [0.717, 1.165) is 70.6 Å². The van der Waals surface area contributed by atoms with Crippen LogP contribution < -0.4 is 0 Å². The SMILES string of the molecule is CCC/C=C\CCCCCCCC(=O)OCC(COC(=O)CCCCCCCCCCCCC/C=C\CCCCCCCCCC)OC(=O)CCCCCCCCCCCCCCCCC. The lowest BCUT2D eigenvalue weighted by atomic mass is 10.0. The number of rotatable bonds is 54. The van der Waals surface area contributed by atoms with E-state index in [-0.39, 0.29) is 31.1 Å². The molecule has 0 rings (SSSR count). The lowest BCUT2D eigenvalue weighted by Crippen LogP contribution is -2.30. The Morgan fingerprint density at radius 3 is 0.818 bits per heavy atom. The summed E-state index contributed by atoms with van der Waals surface area (Å²) < 4.78 is 16.8. The van der Waals surface area contributed by atoms with E-state index in [1.165, 1.54) is 212 Å². The maximum Gasteiger partial charge on any atom is 0.306 e. The van der Waals surface area contributed by atoms with Crippen LogP contribution in [0.25, 0.3) is 0 Å². The minimum atomic E-state index is -0.770. The molecule has 0 aliphatic carbocycles. The minimum absolute atomic E-state index is 0.0700. The van der Waals surface area contributed by atoms with Crippen LogP contribution in [-0.2, 0) is 28.6 Å². The third kappa shape index (κ3) is 52.9. The Morgan fingerprint density at radius 2 is 0.530 bits per heavy atom. The summed E-state index contributed by atoms with van der Waals surface area (Å²) in [6.07, 6.45) is 64.7. The molecule has 0 amide bonds. The van der Waals surface area contributed by atoms with Gasteiger partial charge in [-0.25, -0.2) is 0 Å². The van der Waals surface area contributed by atoms with Crippen LogP contribution in [-0.4, -0.2) is 37.2 Å². The number of hydrogen-bond acceptors (Lipinski definition) is 6. The van der Waals surface area contributed by atoms with E-state index in [4.69, 9.17) is 14.2 Å². The first-order valence-electron chi connectivity index (χ1n) is 29.3. The molecule has 0 aromatic carbocycles. The van der Waals surface area contributed by atoms with Gasteiger partial charge in [0.25, 0.3) is 0 Å². The minimum Gasteiger partial charge on any atom is -0.462 e. The van der Waals surface area contributed by atoms with Gasteiger partial charge in [-0.05, 0) is 64.2 Å². The maximum atomic E-state index is 12.8. The maximum absolute atomic E-state index is 12.8. The van der Waals surface area contributed by atoms with E-state index in [1.54, 1.807) is 0 Å². The van der Waals surface area contributed by atoms with Crippen LogP contribution in [0.3, 0.4) is 0 Å². The molecular weight excluding hydrogens is 817 g/mol. The van der Waals surface area contributed by atoms with Crippen LogP contribution in [0.15, 0.2) is 24.3 Å². The van der Waals surface area contributed by atoms with Gasteiger partial charge < -0.3 is 14.2 Å². The predicted molar refractivity (Wildman–Crippen MR) is 284 cm³/mol. The van der Waals surface area contributed by atoms with Gasteiger partial charge in [0.1, 0.15) is 13.2 Å². The molecule has 1 atom stereocenters. The Morgan fingerprint density at radius 1 is 0.288 bits per heavy atom. The van der Waals surface area contributed by atoms with Crippen molar-refractivity contribution in [2.24, 2.45) is 0 Å². The number of unbranched alkanes of at least 4 members (excludes halogenated alkanes) is 39. The van der Waals surface area contributed by atoms with Gasteiger partial charge in [-0.1, -0.05) is 263 Å². The fraction of sp³-hybridized carbons (Fsp3) is 0.883. The van der Waals surface area contributed by atoms with Crippen LogP contribution in [0.2, 0.25) is 0 Å². The molecule has 66 heavy (non-hydrogen) atoms. The number of carbonyl (C=O) groups excluding carboxylic acids is 3. The summed E-state index contributed by atoms with van der Waals surface area (Å²) in [7, 11) is 0. The summed E-state index contributed by atoms with van der Waals surface area (Å²) in [5.41, 5.74) is 0. The molecule has 0 aliphatic rings. The highest BCUT2D eigenvalue weighted by Gasteiger charge is 2.19. The predicted octanol–water partition coefficient (Wildman–Crippen LogP) is 19.5. The zero-order valence-electron chi connectivity index (χ0n) is 44.5. The van der Waals surface area contributed by atoms with Crippen molar-refractivity contribution < 1.29 is 28.6 Å². The third-order valence-corrected chi connectivity index (χ3v) is 13.2. The van der Waals surface area contributed by atoms with Crippen molar-refractivity contribution >= 4 is 17.9 Å². The first-order chi connectivity index (χ1) is 32.5. The highest BCUT2D eigenvalue weighted by molar-refractivity contribution is 5.71. The van der Waals surface area contributed by atoms with Crippen molar-refractivity contribution in [1.82, 2.24) is 0 Å².